The van der Waals surface area contributed by atoms with Crippen molar-refractivity contribution >= 4 is 13.3 Å². The summed E-state index contributed by atoms with van der Waals surface area (Å²) in [6.45, 7) is 0. The number of hydrogen-bond donors (Lipinski definition) is 2. The second kappa shape index (κ2) is 5.51. The van der Waals surface area contributed by atoms with Gasteiger partial charge in [-0.3, -0.25) is 0 Å². The maximum absolute atomic E-state index is 11.1. The molecule has 0 aromatic rings. The Labute approximate surface area is 104 Å². The molecule has 0 saturated heterocycles. The Hall–Kier alpha value is 0.881. The Morgan fingerprint density at radius 1 is 1.45 bits per heavy atom. The van der Waals surface area contributed by atoms with E-state index in [0.29, 0.717) is 0 Å². The summed E-state index contributed by atoms with van der Waals surface area (Å²) in [7, 11) is -2.73. The third kappa shape index (κ3) is 7.25. The van der Waals surface area contributed by atoms with E-state index in [-0.39, 0.29) is 52.8 Å². The van der Waals surface area contributed by atoms with Gasteiger partial charge in [-0.1, -0.05) is 0 Å². The van der Waals surface area contributed by atoms with E-state index in [4.69, 9.17) is 10.0 Å². The molecule has 0 bridgehead atoms. The molecular formula is C2H3BF3KO4. The fraction of sp³-hybridized carbons (Fsp3) is 0.500. The van der Waals surface area contributed by atoms with Crippen LogP contribution in [0.1, 0.15) is 1.43 Å². The van der Waals surface area contributed by atoms with Crippen LogP contribution in [0.15, 0.2) is 0 Å². The molecule has 60 valence electrons. The van der Waals surface area contributed by atoms with Crippen LogP contribution < -0.4 is 51.4 Å². The average molecular weight is 198 g/mol. The van der Waals surface area contributed by atoms with Gasteiger partial charge in [0.1, 0.15) is 0 Å². The number of carbonyl (C=O) groups excluding carboxylic acids is 1. The summed E-state index contributed by atoms with van der Waals surface area (Å²) in [6.07, 6.45) is -5.19. The predicted octanol–water partition coefficient (Wildman–Crippen LogP) is -3.82. The molecule has 0 rings (SSSR count). The molecular weight excluding hydrogens is 195 g/mol. The van der Waals surface area contributed by atoms with E-state index < -0.39 is 19.5 Å². The van der Waals surface area contributed by atoms with Crippen LogP contribution in [-0.4, -0.2) is 29.5 Å². The molecule has 0 unspecified atom stereocenters. The summed E-state index contributed by atoms with van der Waals surface area (Å²) in [5.74, 6) is -2.64. The largest absolute Gasteiger partial charge is 1.00 e. The molecule has 0 aromatic carbocycles. The molecule has 0 amide bonds. The van der Waals surface area contributed by atoms with Crippen molar-refractivity contribution in [1.29, 1.82) is 0 Å². The SMILES string of the molecule is O=C(OB(O)O)C(F)(F)F.[H-].[K+]. The van der Waals surface area contributed by atoms with Gasteiger partial charge < -0.3 is 16.1 Å². The molecule has 2 N–H and O–H groups in total. The zero-order valence-corrected chi connectivity index (χ0v) is 8.55. The van der Waals surface area contributed by atoms with Gasteiger partial charge in [0.25, 0.3) is 0 Å². The first-order valence-corrected chi connectivity index (χ1v) is 1.98. The first-order valence-electron chi connectivity index (χ1n) is 1.98. The van der Waals surface area contributed by atoms with Crippen molar-refractivity contribution < 1.29 is 85.5 Å². The third-order valence-corrected chi connectivity index (χ3v) is 0.444. The zero-order valence-electron chi connectivity index (χ0n) is 6.42. The molecule has 0 aliphatic rings. The Balaban J connectivity index is -0.000000405. The van der Waals surface area contributed by atoms with E-state index in [1.165, 1.54) is 0 Å². The summed E-state index contributed by atoms with van der Waals surface area (Å²) < 4.78 is 36.3. The Bertz CT molecular complexity index is 141. The van der Waals surface area contributed by atoms with Gasteiger partial charge >= 0.3 is 70.9 Å². The third-order valence-electron chi connectivity index (χ3n) is 0.444. The van der Waals surface area contributed by atoms with Gasteiger partial charge in [-0.15, -0.1) is 0 Å². The minimum atomic E-state index is -5.19. The van der Waals surface area contributed by atoms with Crippen LogP contribution in [0.2, 0.25) is 0 Å². The molecule has 0 fully saturated rings. The first kappa shape index (κ1) is 14.4. The van der Waals surface area contributed by atoms with Crippen molar-refractivity contribution in [3.63, 3.8) is 0 Å². The van der Waals surface area contributed by atoms with Crippen molar-refractivity contribution in [2.45, 2.75) is 6.18 Å². The van der Waals surface area contributed by atoms with E-state index in [0.717, 1.165) is 0 Å². The van der Waals surface area contributed by atoms with Gasteiger partial charge in [-0.2, -0.15) is 13.2 Å². The second-order valence-corrected chi connectivity index (χ2v) is 1.23. The standard InChI is InChI=1S/C2H2BF3O4.K.H/c4-2(5,6)1(7)10-3(8)9;;/h8-9H;;/q;+1;-1. The van der Waals surface area contributed by atoms with Gasteiger partial charge in [-0.25, -0.2) is 4.79 Å². The number of hydrogen-bond acceptors (Lipinski definition) is 4. The van der Waals surface area contributed by atoms with E-state index in [1.807, 2.05) is 0 Å². The monoisotopic (exact) mass is 198 g/mol. The maximum atomic E-state index is 11.1. The van der Waals surface area contributed by atoms with Gasteiger partial charge in [0.05, 0.1) is 0 Å². The van der Waals surface area contributed by atoms with Crippen LogP contribution in [0.25, 0.3) is 0 Å². The van der Waals surface area contributed by atoms with E-state index in [2.05, 4.69) is 4.65 Å². The first-order chi connectivity index (χ1) is 4.34. The molecule has 0 radical (unpaired) electrons. The summed E-state index contributed by atoms with van der Waals surface area (Å²) in [6, 6.07) is 0. The fourth-order valence-electron chi connectivity index (χ4n) is 0.163. The van der Waals surface area contributed by atoms with Crippen molar-refractivity contribution in [1.82, 2.24) is 0 Å². The summed E-state index contributed by atoms with van der Waals surface area (Å²) in [5, 5.41) is 15.4. The Kier molecular flexibility index (Phi) is 7.22. The maximum Gasteiger partial charge on any atom is 1.00 e. The van der Waals surface area contributed by atoms with Crippen molar-refractivity contribution in [2.24, 2.45) is 0 Å². The van der Waals surface area contributed by atoms with Gasteiger partial charge in [0.2, 0.25) is 0 Å². The van der Waals surface area contributed by atoms with Gasteiger partial charge in [0.15, 0.2) is 0 Å². The quantitative estimate of drug-likeness (QED) is 0.423. The van der Waals surface area contributed by atoms with Gasteiger partial charge in [-0.05, 0) is 0 Å². The van der Waals surface area contributed by atoms with Crippen LogP contribution >= 0.6 is 0 Å². The molecule has 0 saturated carbocycles. The number of alkyl halides is 3. The molecule has 9 heteroatoms. The van der Waals surface area contributed by atoms with E-state index in [9.17, 15) is 18.0 Å². The van der Waals surface area contributed by atoms with Crippen LogP contribution in [0.4, 0.5) is 13.2 Å². The molecule has 4 nitrogen and oxygen atoms in total. The van der Waals surface area contributed by atoms with Crippen LogP contribution in [0.3, 0.4) is 0 Å². The Morgan fingerprint density at radius 3 is 1.91 bits per heavy atom. The molecule has 11 heavy (non-hydrogen) atoms. The minimum Gasteiger partial charge on any atom is -1.00 e. The van der Waals surface area contributed by atoms with Gasteiger partial charge in [0, 0.05) is 0 Å². The summed E-state index contributed by atoms with van der Waals surface area (Å²) in [5.41, 5.74) is 0. The topological polar surface area (TPSA) is 66.8 Å². The average Bonchev–Trinajstić information content (AvgIpc) is 1.60. The van der Waals surface area contributed by atoms with Crippen LogP contribution in [0.5, 0.6) is 0 Å². The molecule has 0 atom stereocenters. The molecule has 0 heterocycles. The molecule has 0 spiro atoms. The molecule has 0 aromatic heterocycles. The van der Waals surface area contributed by atoms with Crippen molar-refractivity contribution in [3.8, 4) is 0 Å². The molecule has 0 aliphatic carbocycles. The zero-order chi connectivity index (χ0) is 8.36. The van der Waals surface area contributed by atoms with Crippen LogP contribution in [-0.2, 0) is 9.45 Å². The van der Waals surface area contributed by atoms with E-state index in [1.54, 1.807) is 0 Å². The minimum absolute atomic E-state index is 0. The normalized spacial score (nSPS) is 9.91. The summed E-state index contributed by atoms with van der Waals surface area (Å²) in [4.78, 5) is 9.61. The number of carbonyl (C=O) groups is 1. The van der Waals surface area contributed by atoms with Crippen molar-refractivity contribution in [3.05, 3.63) is 0 Å². The number of halogens is 3. The second-order valence-electron chi connectivity index (χ2n) is 1.23. The molecule has 0 aliphatic heterocycles. The van der Waals surface area contributed by atoms with E-state index >= 15 is 0 Å². The smallest absolute Gasteiger partial charge is 1.00 e. The summed E-state index contributed by atoms with van der Waals surface area (Å²) >= 11 is 0. The predicted molar refractivity (Wildman–Crippen MR) is 23.5 cm³/mol. The number of rotatable bonds is 1. The van der Waals surface area contributed by atoms with Crippen LogP contribution in [0, 0.1) is 0 Å². The van der Waals surface area contributed by atoms with Crippen molar-refractivity contribution in [2.75, 3.05) is 0 Å². The Morgan fingerprint density at radius 2 is 1.82 bits per heavy atom. The fourth-order valence-corrected chi connectivity index (χ4v) is 0.163.